The Morgan fingerprint density at radius 2 is 1.53 bits per heavy atom. The van der Waals surface area contributed by atoms with E-state index in [4.69, 9.17) is 4.74 Å². The van der Waals surface area contributed by atoms with Gasteiger partial charge >= 0.3 is 0 Å². The van der Waals surface area contributed by atoms with Crippen LogP contribution in [0.25, 0.3) is 0 Å². The first-order chi connectivity index (χ1) is 8.69. The number of benzene rings is 1. The molecule has 0 saturated carbocycles. The average Bonchev–Trinajstić information content (AvgIpc) is 2.25. The Labute approximate surface area is 116 Å². The molecule has 106 valence electrons. The lowest BCUT2D eigenvalue weighted by molar-refractivity contribution is -0.133. The minimum atomic E-state index is -0.411. The molecule has 0 amide bonds. The van der Waals surface area contributed by atoms with E-state index in [0.29, 0.717) is 0 Å². The first kappa shape index (κ1) is 14.4. The SMILES string of the molecule is C[C@H](O)c1ccc(N2CC(C)(C)OC(C)(C)C2)cc1. The molecule has 3 heteroatoms. The molecule has 1 aliphatic heterocycles. The van der Waals surface area contributed by atoms with Gasteiger partial charge in [-0.15, -0.1) is 0 Å². The molecule has 1 heterocycles. The van der Waals surface area contributed by atoms with Crippen LogP contribution in [0.15, 0.2) is 24.3 Å². The Morgan fingerprint density at radius 1 is 1.05 bits per heavy atom. The molecule has 0 bridgehead atoms. The van der Waals surface area contributed by atoms with Crippen LogP contribution in [-0.4, -0.2) is 29.4 Å². The van der Waals surface area contributed by atoms with Crippen molar-refractivity contribution in [3.05, 3.63) is 29.8 Å². The number of aliphatic hydroxyl groups excluding tert-OH is 1. The lowest BCUT2D eigenvalue weighted by atomic mass is 9.98. The number of ether oxygens (including phenoxy) is 1. The molecule has 1 aromatic rings. The summed E-state index contributed by atoms with van der Waals surface area (Å²) in [4.78, 5) is 2.36. The summed E-state index contributed by atoms with van der Waals surface area (Å²) in [6.07, 6.45) is -0.411. The Kier molecular flexibility index (Phi) is 3.63. The first-order valence-corrected chi connectivity index (χ1v) is 6.92. The molecule has 1 atom stereocenters. The Balaban J connectivity index is 2.21. The summed E-state index contributed by atoms with van der Waals surface area (Å²) in [5.41, 5.74) is 1.85. The van der Waals surface area contributed by atoms with E-state index in [1.54, 1.807) is 6.92 Å². The number of aliphatic hydroxyl groups is 1. The van der Waals surface area contributed by atoms with E-state index in [9.17, 15) is 5.11 Å². The zero-order chi connectivity index (χ0) is 14.3. The van der Waals surface area contributed by atoms with Gasteiger partial charge in [-0.3, -0.25) is 0 Å². The number of rotatable bonds is 2. The second kappa shape index (κ2) is 4.80. The van der Waals surface area contributed by atoms with Crippen molar-refractivity contribution in [3.63, 3.8) is 0 Å². The predicted octanol–water partition coefficient (Wildman–Crippen LogP) is 3.13. The number of anilines is 1. The van der Waals surface area contributed by atoms with Crippen LogP contribution in [0, 0.1) is 0 Å². The van der Waals surface area contributed by atoms with Crippen molar-refractivity contribution in [3.8, 4) is 0 Å². The van der Waals surface area contributed by atoms with Crippen molar-refractivity contribution in [1.82, 2.24) is 0 Å². The molecule has 1 fully saturated rings. The third kappa shape index (κ3) is 3.48. The standard InChI is InChI=1S/C16H25NO2/c1-12(18)13-6-8-14(9-7-13)17-10-15(2,3)19-16(4,5)11-17/h6-9,12,18H,10-11H2,1-5H3/t12-/m0/s1. The van der Waals surface area contributed by atoms with Gasteiger partial charge in [0.1, 0.15) is 0 Å². The van der Waals surface area contributed by atoms with Gasteiger partial charge in [-0.1, -0.05) is 12.1 Å². The monoisotopic (exact) mass is 263 g/mol. The van der Waals surface area contributed by atoms with Crippen LogP contribution in [0.5, 0.6) is 0 Å². The lowest BCUT2D eigenvalue weighted by Crippen LogP contribution is -2.57. The molecule has 1 aliphatic rings. The molecule has 19 heavy (non-hydrogen) atoms. The van der Waals surface area contributed by atoms with Crippen molar-refractivity contribution >= 4 is 5.69 Å². The van der Waals surface area contributed by atoms with E-state index >= 15 is 0 Å². The van der Waals surface area contributed by atoms with Gasteiger partial charge in [0.15, 0.2) is 0 Å². The molecule has 0 aliphatic carbocycles. The van der Waals surface area contributed by atoms with E-state index in [2.05, 4.69) is 44.7 Å². The first-order valence-electron chi connectivity index (χ1n) is 6.92. The fourth-order valence-electron chi connectivity index (χ4n) is 2.93. The summed E-state index contributed by atoms with van der Waals surface area (Å²) in [6.45, 7) is 12.1. The molecule has 1 N–H and O–H groups in total. The normalized spacial score (nSPS) is 23.2. The Hall–Kier alpha value is -1.06. The number of hydrogen-bond acceptors (Lipinski definition) is 3. The van der Waals surface area contributed by atoms with Crippen LogP contribution in [0.4, 0.5) is 5.69 Å². The van der Waals surface area contributed by atoms with Crippen molar-refractivity contribution in [2.75, 3.05) is 18.0 Å². The van der Waals surface area contributed by atoms with Crippen LogP contribution in [0.1, 0.15) is 46.3 Å². The number of hydrogen-bond donors (Lipinski definition) is 1. The molecule has 0 spiro atoms. The van der Waals surface area contributed by atoms with Crippen molar-refractivity contribution < 1.29 is 9.84 Å². The minimum Gasteiger partial charge on any atom is -0.389 e. The van der Waals surface area contributed by atoms with Crippen molar-refractivity contribution in [2.24, 2.45) is 0 Å². The van der Waals surface area contributed by atoms with Gasteiger partial charge in [-0.05, 0) is 52.3 Å². The van der Waals surface area contributed by atoms with Crippen molar-refractivity contribution in [1.29, 1.82) is 0 Å². The van der Waals surface area contributed by atoms with Gasteiger partial charge in [-0.25, -0.2) is 0 Å². The van der Waals surface area contributed by atoms with E-state index in [-0.39, 0.29) is 11.2 Å². The Bertz CT molecular complexity index is 419. The predicted molar refractivity (Wildman–Crippen MR) is 78.5 cm³/mol. The van der Waals surface area contributed by atoms with E-state index < -0.39 is 6.10 Å². The highest BCUT2D eigenvalue weighted by Crippen LogP contribution is 2.31. The van der Waals surface area contributed by atoms with Crippen molar-refractivity contribution in [2.45, 2.75) is 51.9 Å². The third-order valence-corrected chi connectivity index (χ3v) is 3.44. The zero-order valence-electron chi connectivity index (χ0n) is 12.6. The fraction of sp³-hybridized carbons (Fsp3) is 0.625. The molecule has 0 aromatic heterocycles. The highest BCUT2D eigenvalue weighted by molar-refractivity contribution is 5.49. The maximum atomic E-state index is 9.56. The van der Waals surface area contributed by atoms with Gasteiger partial charge in [0, 0.05) is 18.8 Å². The third-order valence-electron chi connectivity index (χ3n) is 3.44. The summed E-state index contributed by atoms with van der Waals surface area (Å²) < 4.78 is 6.09. The van der Waals surface area contributed by atoms with E-state index in [0.717, 1.165) is 18.7 Å². The van der Waals surface area contributed by atoms with Crippen LogP contribution in [0.2, 0.25) is 0 Å². The quantitative estimate of drug-likeness (QED) is 0.889. The summed E-state index contributed by atoms with van der Waals surface area (Å²) in [5.74, 6) is 0. The number of nitrogens with zero attached hydrogens (tertiary/aromatic N) is 1. The molecule has 1 saturated heterocycles. The highest BCUT2D eigenvalue weighted by atomic mass is 16.5. The van der Waals surface area contributed by atoms with Crippen LogP contribution in [-0.2, 0) is 4.74 Å². The van der Waals surface area contributed by atoms with Gasteiger partial charge < -0.3 is 14.7 Å². The van der Waals surface area contributed by atoms with Gasteiger partial charge in [0.25, 0.3) is 0 Å². The molecular formula is C16H25NO2. The zero-order valence-corrected chi connectivity index (χ0v) is 12.6. The second-order valence-corrected chi connectivity index (χ2v) is 6.75. The summed E-state index contributed by atoms with van der Waals surface area (Å²) in [6, 6.07) is 8.16. The lowest BCUT2D eigenvalue weighted by Gasteiger charge is -2.48. The minimum absolute atomic E-state index is 0.148. The highest BCUT2D eigenvalue weighted by Gasteiger charge is 2.38. The summed E-state index contributed by atoms with van der Waals surface area (Å²) in [7, 11) is 0. The number of morpholine rings is 1. The topological polar surface area (TPSA) is 32.7 Å². The van der Waals surface area contributed by atoms with Crippen LogP contribution in [0.3, 0.4) is 0 Å². The smallest absolute Gasteiger partial charge is 0.0808 e. The molecule has 2 rings (SSSR count). The van der Waals surface area contributed by atoms with E-state index in [1.807, 2.05) is 12.1 Å². The fourth-order valence-corrected chi connectivity index (χ4v) is 2.93. The Morgan fingerprint density at radius 3 is 1.95 bits per heavy atom. The average molecular weight is 263 g/mol. The summed E-state index contributed by atoms with van der Waals surface area (Å²) >= 11 is 0. The molecule has 1 aromatic carbocycles. The largest absolute Gasteiger partial charge is 0.389 e. The van der Waals surface area contributed by atoms with Crippen LogP contribution >= 0.6 is 0 Å². The van der Waals surface area contributed by atoms with Gasteiger partial charge in [-0.2, -0.15) is 0 Å². The maximum Gasteiger partial charge on any atom is 0.0808 e. The molecule has 3 nitrogen and oxygen atoms in total. The second-order valence-electron chi connectivity index (χ2n) is 6.75. The maximum absolute atomic E-state index is 9.56. The van der Waals surface area contributed by atoms with Gasteiger partial charge in [0.2, 0.25) is 0 Å². The molecular weight excluding hydrogens is 238 g/mol. The van der Waals surface area contributed by atoms with E-state index in [1.165, 1.54) is 5.69 Å². The molecule has 0 unspecified atom stereocenters. The van der Waals surface area contributed by atoms with Crippen LogP contribution < -0.4 is 4.90 Å². The molecule has 0 radical (unpaired) electrons. The van der Waals surface area contributed by atoms with Gasteiger partial charge in [0.05, 0.1) is 17.3 Å². The summed E-state index contributed by atoms with van der Waals surface area (Å²) in [5, 5.41) is 9.56.